The zero-order valence-corrected chi connectivity index (χ0v) is 29.1. The molecule has 1 saturated heterocycles. The maximum Gasteiger partial charge on any atom is 0.305 e. The first-order valence-electron chi connectivity index (χ1n) is 16.3. The van der Waals surface area contributed by atoms with E-state index < -0.39 is 12.1 Å². The highest BCUT2D eigenvalue weighted by atomic mass is 35.5. The third-order valence-corrected chi connectivity index (χ3v) is 9.88. The minimum Gasteiger partial charge on any atom is -0.507 e. The molecule has 12 heteroatoms. The van der Waals surface area contributed by atoms with Crippen LogP contribution in [-0.2, 0) is 26.2 Å². The number of thioether (sulfide) groups is 1. The number of nitrogens with two attached hydrogens (primary N) is 1. The van der Waals surface area contributed by atoms with E-state index in [4.69, 9.17) is 22.1 Å². The second-order valence-electron chi connectivity index (χ2n) is 11.8. The van der Waals surface area contributed by atoms with Gasteiger partial charge in [-0.25, -0.2) is 0 Å². The Morgan fingerprint density at radius 2 is 1.98 bits per heavy atom. The van der Waals surface area contributed by atoms with Crippen molar-refractivity contribution in [2.75, 3.05) is 17.7 Å². The molecule has 2 aromatic carbocycles. The monoisotopic (exact) mass is 701 g/mol. The first-order valence-corrected chi connectivity index (χ1v) is 17.7. The number of hydrogen-bond acceptors (Lipinski definition) is 8. The lowest BCUT2D eigenvalue weighted by Crippen LogP contribution is -2.53. The molecule has 0 saturated carbocycles. The molecule has 1 aromatic heterocycles. The number of aryl methyl sites for hydroxylation is 1. The Morgan fingerprint density at radius 1 is 1.18 bits per heavy atom. The highest BCUT2D eigenvalue weighted by molar-refractivity contribution is 8.00. The van der Waals surface area contributed by atoms with E-state index in [1.54, 1.807) is 77.9 Å². The van der Waals surface area contributed by atoms with Crippen LogP contribution in [0.3, 0.4) is 0 Å². The Balaban J connectivity index is 1.27. The number of phenolic OH excluding ortho intramolecular Hbond substituents is 1. The molecule has 10 nitrogen and oxygen atoms in total. The number of nitrogens with zero attached hydrogens (tertiary/aromatic N) is 3. The zero-order valence-electron chi connectivity index (χ0n) is 27.5. The van der Waals surface area contributed by atoms with Gasteiger partial charge in [-0.05, 0) is 87.1 Å². The summed E-state index contributed by atoms with van der Waals surface area (Å²) in [5.41, 5.74) is 10.2. The van der Waals surface area contributed by atoms with Gasteiger partial charge in [0, 0.05) is 47.3 Å². The van der Waals surface area contributed by atoms with Gasteiger partial charge < -0.3 is 25.8 Å². The highest BCUT2D eigenvalue weighted by Crippen LogP contribution is 2.35. The molecular formula is C37H40ClN5O5S. The van der Waals surface area contributed by atoms with E-state index in [0.717, 1.165) is 12.0 Å². The van der Waals surface area contributed by atoms with Crippen molar-refractivity contribution in [1.29, 1.82) is 0 Å². The highest BCUT2D eigenvalue weighted by Gasteiger charge is 2.43. The number of anilines is 1. The average Bonchev–Trinajstić information content (AvgIpc) is 3.70. The van der Waals surface area contributed by atoms with Crippen LogP contribution in [0.25, 0.3) is 11.3 Å². The number of carbonyl (C=O) groups excluding carboxylic acids is 3. The zero-order chi connectivity index (χ0) is 34.9. The van der Waals surface area contributed by atoms with Gasteiger partial charge in [0.25, 0.3) is 0 Å². The van der Waals surface area contributed by atoms with Gasteiger partial charge in [-0.1, -0.05) is 41.7 Å². The molecule has 2 amide bonds. The van der Waals surface area contributed by atoms with Crippen LogP contribution in [0, 0.1) is 11.8 Å². The predicted octanol–water partition coefficient (Wildman–Crippen LogP) is 5.78. The largest absolute Gasteiger partial charge is 0.507 e. The summed E-state index contributed by atoms with van der Waals surface area (Å²) in [6, 6.07) is 10.4. The summed E-state index contributed by atoms with van der Waals surface area (Å²) in [4.78, 5) is 41.0. The van der Waals surface area contributed by atoms with E-state index in [1.165, 1.54) is 6.07 Å². The number of carbonyl (C=O) groups is 3. The first kappa shape index (κ1) is 35.8. The maximum atomic E-state index is 13.9. The number of esters is 1. The third kappa shape index (κ3) is 9.15. The molecule has 49 heavy (non-hydrogen) atoms. The van der Waals surface area contributed by atoms with Crippen molar-refractivity contribution >= 4 is 46.8 Å². The van der Waals surface area contributed by atoms with E-state index in [9.17, 15) is 19.5 Å². The van der Waals surface area contributed by atoms with Crippen LogP contribution in [0.5, 0.6) is 5.75 Å². The lowest BCUT2D eigenvalue weighted by Gasteiger charge is -2.32. The van der Waals surface area contributed by atoms with Gasteiger partial charge in [0.05, 0.1) is 17.5 Å². The van der Waals surface area contributed by atoms with Gasteiger partial charge in [-0.15, -0.1) is 11.8 Å². The Bertz CT molecular complexity index is 1810. The molecule has 2 heterocycles. The average molecular weight is 702 g/mol. The standard InChI is InChI=1S/C37H40ClN5O5S/c1-3-48-33(45)12-8-7-11-32-43(37(47)34(39)25-9-5-4-6-10-25)30(23-49-32)36(46)40-28-18-14-24(15-19-28)13-16-26-22-42(2)41-35(26)29-21-27(38)17-20-31(29)44/h4-5,9,14-15,17-22,30,32,34,44H,3,6-8,10-12,23,39H2,1-2H3,(H,40,46)/t30-,32?,34+/m0/s1. The van der Waals surface area contributed by atoms with Gasteiger partial charge >= 0.3 is 5.97 Å². The van der Waals surface area contributed by atoms with Crippen LogP contribution in [-0.4, -0.2) is 67.4 Å². The lowest BCUT2D eigenvalue weighted by atomic mass is 9.97. The van der Waals surface area contributed by atoms with Crippen molar-refractivity contribution in [2.45, 2.75) is 62.9 Å². The van der Waals surface area contributed by atoms with Crippen LogP contribution in [0.1, 0.15) is 56.6 Å². The van der Waals surface area contributed by atoms with Crippen molar-refractivity contribution in [1.82, 2.24) is 14.7 Å². The summed E-state index contributed by atoms with van der Waals surface area (Å²) in [7, 11) is 1.78. The fourth-order valence-corrected chi connectivity index (χ4v) is 7.42. The summed E-state index contributed by atoms with van der Waals surface area (Å²) >= 11 is 7.72. The second kappa shape index (κ2) is 16.7. The molecular weight excluding hydrogens is 662 g/mol. The van der Waals surface area contributed by atoms with E-state index in [1.807, 2.05) is 18.2 Å². The summed E-state index contributed by atoms with van der Waals surface area (Å²) < 4.78 is 6.66. The summed E-state index contributed by atoms with van der Waals surface area (Å²) in [6.45, 7) is 2.12. The van der Waals surface area contributed by atoms with Crippen LogP contribution >= 0.6 is 23.4 Å². The predicted molar refractivity (Wildman–Crippen MR) is 193 cm³/mol. The van der Waals surface area contributed by atoms with Crippen molar-refractivity contribution in [3.8, 4) is 28.8 Å². The van der Waals surface area contributed by atoms with Crippen molar-refractivity contribution < 1.29 is 24.2 Å². The maximum absolute atomic E-state index is 13.9. The van der Waals surface area contributed by atoms with Crippen LogP contribution < -0.4 is 11.1 Å². The third-order valence-electron chi connectivity index (χ3n) is 8.28. The molecule has 0 spiro atoms. The molecule has 1 aliphatic heterocycles. The number of hydrogen-bond donors (Lipinski definition) is 3. The number of phenols is 1. The number of aromatic nitrogens is 2. The molecule has 256 valence electrons. The Kier molecular flexibility index (Phi) is 12.2. The molecule has 3 aromatic rings. The number of benzene rings is 2. The molecule has 4 N–H and O–H groups in total. The van der Waals surface area contributed by atoms with Crippen LogP contribution in [0.4, 0.5) is 5.69 Å². The molecule has 1 fully saturated rings. The van der Waals surface area contributed by atoms with E-state index in [2.05, 4.69) is 22.3 Å². The van der Waals surface area contributed by atoms with Gasteiger partial charge in [-0.2, -0.15) is 5.10 Å². The number of nitrogens with one attached hydrogen (secondary N) is 1. The Labute approximate surface area is 295 Å². The second-order valence-corrected chi connectivity index (χ2v) is 13.5. The van der Waals surface area contributed by atoms with Crippen LogP contribution in [0.2, 0.25) is 5.02 Å². The molecule has 1 unspecified atom stereocenters. The number of halogens is 1. The van der Waals surface area contributed by atoms with E-state index in [-0.39, 0.29) is 28.9 Å². The fraction of sp³-hybridized carbons (Fsp3) is 0.351. The number of allylic oxidation sites excluding steroid dienone is 3. The smallest absolute Gasteiger partial charge is 0.305 e. The molecule has 2 aliphatic rings. The van der Waals surface area contributed by atoms with Crippen molar-refractivity contribution in [3.05, 3.63) is 88.6 Å². The molecule has 1 aliphatic carbocycles. The lowest BCUT2D eigenvalue weighted by molar-refractivity contribution is -0.143. The van der Waals surface area contributed by atoms with E-state index >= 15 is 0 Å². The van der Waals surface area contributed by atoms with Crippen LogP contribution in [0.15, 0.2) is 72.5 Å². The normalized spacial score (nSPS) is 17.6. The first-order chi connectivity index (χ1) is 23.6. The molecule has 0 radical (unpaired) electrons. The topological polar surface area (TPSA) is 140 Å². The SMILES string of the molecule is CCOC(=O)CCCCC1SC[C@@H](C(=O)Nc2ccc(C#Cc3cn(C)nc3-c3cc(Cl)ccc3O)cc2)N1C(=O)[C@H](N)C1=CC=CCC1. The molecule has 3 atom stereocenters. The minimum absolute atomic E-state index is 0.0534. The van der Waals surface area contributed by atoms with Gasteiger partial charge in [0.1, 0.15) is 23.5 Å². The van der Waals surface area contributed by atoms with Gasteiger partial charge in [0.2, 0.25) is 11.8 Å². The summed E-state index contributed by atoms with van der Waals surface area (Å²) in [6.07, 6.45) is 11.4. The minimum atomic E-state index is -0.831. The van der Waals surface area contributed by atoms with Crippen molar-refractivity contribution in [3.63, 3.8) is 0 Å². The Hall–Kier alpha value is -4.50. The number of aromatic hydroxyl groups is 1. The van der Waals surface area contributed by atoms with E-state index in [0.29, 0.717) is 77.6 Å². The Morgan fingerprint density at radius 3 is 2.71 bits per heavy atom. The summed E-state index contributed by atoms with van der Waals surface area (Å²) in [5.74, 6) is 5.94. The quantitative estimate of drug-likeness (QED) is 0.130. The number of amides is 2. The molecule has 0 bridgehead atoms. The molecule has 5 rings (SSSR count). The van der Waals surface area contributed by atoms with Gasteiger partial charge in [-0.3, -0.25) is 19.1 Å². The number of unbranched alkanes of at least 4 members (excludes halogenated alkanes) is 1. The number of rotatable bonds is 11. The summed E-state index contributed by atoms with van der Waals surface area (Å²) in [5, 5.41) is 18.1. The number of ether oxygens (including phenoxy) is 1. The fourth-order valence-electron chi connectivity index (χ4n) is 5.78. The van der Waals surface area contributed by atoms with Gasteiger partial charge in [0.15, 0.2) is 0 Å². The van der Waals surface area contributed by atoms with Crippen molar-refractivity contribution in [2.24, 2.45) is 12.8 Å².